The zero-order valence-electron chi connectivity index (χ0n) is 33.7. The summed E-state index contributed by atoms with van der Waals surface area (Å²) in [6.07, 6.45) is 24.6. The van der Waals surface area contributed by atoms with Crippen molar-refractivity contribution in [3.63, 3.8) is 0 Å². The summed E-state index contributed by atoms with van der Waals surface area (Å²) in [4.78, 5) is 14.2. The average molecular weight is 797 g/mol. The van der Waals surface area contributed by atoms with Gasteiger partial charge < -0.3 is 39.0 Å². The van der Waals surface area contributed by atoms with Crippen LogP contribution in [-0.4, -0.2) is 63.7 Å². The van der Waals surface area contributed by atoms with Crippen LogP contribution in [0.3, 0.4) is 0 Å². The van der Waals surface area contributed by atoms with Gasteiger partial charge >= 0.3 is 8.60 Å². The van der Waals surface area contributed by atoms with Gasteiger partial charge in [-0.3, -0.25) is 0 Å². The Bertz CT molecular complexity index is 1600. The summed E-state index contributed by atoms with van der Waals surface area (Å²) >= 11 is 0. The number of aliphatic hydroxyl groups is 1. The molecule has 0 spiro atoms. The fourth-order valence-corrected chi connectivity index (χ4v) is 7.38. The number of fused-ring (bicyclic) bond motifs is 1. The van der Waals surface area contributed by atoms with Gasteiger partial charge in [-0.25, -0.2) is 9.50 Å². The number of hydrogen-bond acceptors (Lipinski definition) is 12. The number of rotatable bonds is 28. The molecule has 4 rings (SSSR count). The van der Waals surface area contributed by atoms with E-state index in [4.69, 9.17) is 39.4 Å². The van der Waals surface area contributed by atoms with Crippen LogP contribution in [0.25, 0.3) is 5.52 Å². The predicted molar refractivity (Wildman–Crippen MR) is 218 cm³/mol. The molecule has 0 bridgehead atoms. The maximum Gasteiger partial charge on any atom is 0.329 e. The number of nitrogens with zero attached hydrogens (tertiary/aromatic N) is 5. The zero-order valence-corrected chi connectivity index (χ0v) is 34.6. The monoisotopic (exact) mass is 796 g/mol. The summed E-state index contributed by atoms with van der Waals surface area (Å²) in [6.45, 7) is 3.82. The van der Waals surface area contributed by atoms with Gasteiger partial charge in [0.1, 0.15) is 29.8 Å². The summed E-state index contributed by atoms with van der Waals surface area (Å²) in [5, 5.41) is 31.5. The second kappa shape index (κ2) is 28.1. The van der Waals surface area contributed by atoms with Gasteiger partial charge in [0.2, 0.25) is 0 Å². The Kier molecular flexibility index (Phi) is 23.6. The molecule has 13 nitrogen and oxygen atoms in total. The van der Waals surface area contributed by atoms with Crippen molar-refractivity contribution in [2.45, 2.75) is 147 Å². The number of aromatic nitrogens is 3. The Morgan fingerprint density at radius 2 is 1.54 bits per heavy atom. The quantitative estimate of drug-likeness (QED) is 0.0467. The largest absolute Gasteiger partial charge is 0.496 e. The van der Waals surface area contributed by atoms with Crippen LogP contribution in [0, 0.1) is 22.7 Å². The molecule has 56 heavy (non-hydrogen) atoms. The van der Waals surface area contributed by atoms with E-state index < -0.39 is 14.2 Å². The Labute approximate surface area is 335 Å². The van der Waals surface area contributed by atoms with Crippen molar-refractivity contribution >= 4 is 19.9 Å². The van der Waals surface area contributed by atoms with Gasteiger partial charge in [-0.15, -0.1) is 0 Å². The molecule has 3 unspecified atom stereocenters. The summed E-state index contributed by atoms with van der Waals surface area (Å²) in [6, 6.07) is 12.9. The Balaban J connectivity index is 0.000000595. The Morgan fingerprint density at radius 3 is 2.14 bits per heavy atom. The van der Waals surface area contributed by atoms with Crippen LogP contribution in [0.5, 0.6) is 5.75 Å². The van der Waals surface area contributed by atoms with E-state index in [0.29, 0.717) is 60.7 Å². The van der Waals surface area contributed by atoms with Crippen LogP contribution in [0.4, 0.5) is 5.82 Å². The highest BCUT2D eigenvalue weighted by Crippen LogP contribution is 2.43. The van der Waals surface area contributed by atoms with E-state index in [-0.39, 0.29) is 19.3 Å². The van der Waals surface area contributed by atoms with E-state index >= 15 is 0 Å². The van der Waals surface area contributed by atoms with E-state index in [0.717, 1.165) is 18.7 Å². The van der Waals surface area contributed by atoms with Gasteiger partial charge in [-0.2, -0.15) is 15.6 Å². The first kappa shape index (κ1) is 47.0. The Hall–Kier alpha value is -3.39. The third-order valence-corrected chi connectivity index (χ3v) is 10.7. The minimum atomic E-state index is -2.10. The molecule has 1 fully saturated rings. The molecular weight excluding hydrogens is 731 g/mol. The molecule has 310 valence electrons. The molecule has 4 N–H and O–H groups in total. The molecule has 0 saturated carbocycles. The van der Waals surface area contributed by atoms with Crippen LogP contribution in [-0.2, 0) is 25.1 Å². The molecule has 0 aliphatic carbocycles. The first-order valence-electron chi connectivity index (χ1n) is 20.6. The SMILES string of the molecule is CCCCCCCCCCCCCCCCCCOCCCOP(O)OCC1(C#N)CCC(c2ccc3c(N)ncnn23)O1.COc1cc(C#N)ccc1CO. The second-order valence-electron chi connectivity index (χ2n) is 14.4. The highest BCUT2D eigenvalue weighted by Gasteiger charge is 2.43. The van der Waals surface area contributed by atoms with Gasteiger partial charge in [0.15, 0.2) is 11.4 Å². The lowest BCUT2D eigenvalue weighted by Crippen LogP contribution is -2.31. The van der Waals surface area contributed by atoms with Crippen molar-refractivity contribution in [1.29, 1.82) is 10.5 Å². The number of nitrogens with two attached hydrogens (primary N) is 1. The molecule has 0 amide bonds. The van der Waals surface area contributed by atoms with Crippen LogP contribution < -0.4 is 10.5 Å². The third kappa shape index (κ3) is 17.0. The number of hydrogen-bond donors (Lipinski definition) is 3. The topological polar surface area (TPSA) is 190 Å². The highest BCUT2D eigenvalue weighted by atomic mass is 31.2. The van der Waals surface area contributed by atoms with E-state index in [1.54, 1.807) is 22.7 Å². The molecule has 2 aromatic heterocycles. The predicted octanol–water partition coefficient (Wildman–Crippen LogP) is 9.41. The van der Waals surface area contributed by atoms with Crippen LogP contribution in [0.1, 0.15) is 152 Å². The zero-order chi connectivity index (χ0) is 40.3. The van der Waals surface area contributed by atoms with E-state index in [1.807, 2.05) is 18.2 Å². The highest BCUT2D eigenvalue weighted by molar-refractivity contribution is 7.40. The van der Waals surface area contributed by atoms with Crippen LogP contribution in [0.2, 0.25) is 0 Å². The molecule has 1 aliphatic heterocycles. The second-order valence-corrected chi connectivity index (χ2v) is 15.4. The summed E-state index contributed by atoms with van der Waals surface area (Å²) in [7, 11) is -0.592. The van der Waals surface area contributed by atoms with E-state index in [9.17, 15) is 10.2 Å². The average Bonchev–Trinajstić information content (AvgIpc) is 3.86. The maximum absolute atomic E-state index is 10.2. The maximum atomic E-state index is 10.2. The molecule has 0 radical (unpaired) electrons. The van der Waals surface area contributed by atoms with Gasteiger partial charge in [0.25, 0.3) is 0 Å². The third-order valence-electron chi connectivity index (χ3n) is 9.99. The van der Waals surface area contributed by atoms with Crippen molar-refractivity contribution in [3.8, 4) is 17.9 Å². The number of benzene rings is 1. The molecule has 3 atom stereocenters. The minimum absolute atomic E-state index is 0.0710. The van der Waals surface area contributed by atoms with Crippen molar-refractivity contribution in [2.75, 3.05) is 39.3 Å². The number of unbranched alkanes of at least 4 members (excludes halogenated alkanes) is 15. The minimum Gasteiger partial charge on any atom is -0.496 e. The van der Waals surface area contributed by atoms with Crippen molar-refractivity contribution in [2.24, 2.45) is 0 Å². The lowest BCUT2D eigenvalue weighted by atomic mass is 10.0. The lowest BCUT2D eigenvalue weighted by Gasteiger charge is -2.22. The van der Waals surface area contributed by atoms with Gasteiger partial charge in [0, 0.05) is 18.8 Å². The summed E-state index contributed by atoms with van der Waals surface area (Å²) < 4.78 is 29.4. The van der Waals surface area contributed by atoms with Crippen molar-refractivity contribution in [3.05, 3.63) is 53.5 Å². The van der Waals surface area contributed by atoms with E-state index in [1.165, 1.54) is 110 Å². The van der Waals surface area contributed by atoms with Crippen LogP contribution >= 0.6 is 8.60 Å². The normalized spacial score (nSPS) is 16.9. The molecular formula is C42H65N6O7P. The van der Waals surface area contributed by atoms with E-state index in [2.05, 4.69) is 23.1 Å². The molecule has 3 aromatic rings. The van der Waals surface area contributed by atoms with Crippen LogP contribution in [0.15, 0.2) is 36.7 Å². The molecule has 3 heterocycles. The van der Waals surface area contributed by atoms with Crippen molar-refractivity contribution < 1.29 is 33.3 Å². The Morgan fingerprint density at radius 1 is 0.893 bits per heavy atom. The van der Waals surface area contributed by atoms with Gasteiger partial charge in [-0.05, 0) is 49.9 Å². The summed E-state index contributed by atoms with van der Waals surface area (Å²) in [5.74, 6) is 0.935. The standard InChI is InChI=1S/C33H56N5O5P.C9H9NO2/c1-2-3-4-5-6-7-8-9-10-11-12-13-14-15-16-17-23-40-24-18-25-41-44(39)42-27-33(26-34)22-21-31(43-33)29-19-20-30-32(35)36-28-37-38(29)30;1-12-9-4-7(5-10)2-3-8(9)6-11/h19-20,28,31,39H,2-18,21-25,27H2,1H3,(H2,35,36,37);2-4,11H,6H2,1H3. The number of nitrogen functional groups attached to an aromatic ring is 1. The molecule has 1 saturated heterocycles. The van der Waals surface area contributed by atoms with Gasteiger partial charge in [-0.1, -0.05) is 109 Å². The number of nitriles is 2. The molecule has 14 heteroatoms. The molecule has 1 aromatic carbocycles. The summed E-state index contributed by atoms with van der Waals surface area (Å²) in [5.41, 5.74) is 7.48. The first-order chi connectivity index (χ1) is 27.4. The first-order valence-corrected chi connectivity index (χ1v) is 21.7. The number of methoxy groups -OCH3 is 1. The van der Waals surface area contributed by atoms with Gasteiger partial charge in [0.05, 0.1) is 44.3 Å². The lowest BCUT2D eigenvalue weighted by molar-refractivity contribution is -0.0359. The number of ether oxygens (including phenoxy) is 3. The van der Waals surface area contributed by atoms with Crippen molar-refractivity contribution in [1.82, 2.24) is 14.6 Å². The fourth-order valence-electron chi connectivity index (χ4n) is 6.70. The number of anilines is 1. The number of aliphatic hydroxyl groups excluding tert-OH is 1. The smallest absolute Gasteiger partial charge is 0.329 e. The molecule has 1 aliphatic rings. The fraction of sp³-hybridized carbons (Fsp3) is 0.667.